The summed E-state index contributed by atoms with van der Waals surface area (Å²) in [6.45, 7) is 4.98. The van der Waals surface area contributed by atoms with Gasteiger partial charge >= 0.3 is 0 Å². The Hall–Kier alpha value is -1.82. The average molecular weight is 265 g/mol. The average Bonchev–Trinajstić information content (AvgIpc) is 2.84. The monoisotopic (exact) mass is 265 g/mol. The highest BCUT2D eigenvalue weighted by atomic mass is 32.1. The molecule has 1 aromatic heterocycles. The van der Waals surface area contributed by atoms with Crippen molar-refractivity contribution in [2.24, 2.45) is 0 Å². The summed E-state index contributed by atoms with van der Waals surface area (Å²) in [4.78, 5) is 0. The van der Waals surface area contributed by atoms with Gasteiger partial charge < -0.3 is 14.8 Å². The Morgan fingerprint density at radius 2 is 1.94 bits per heavy atom. The van der Waals surface area contributed by atoms with E-state index in [1.165, 1.54) is 11.7 Å². The van der Waals surface area contributed by atoms with Crippen LogP contribution in [0.4, 0.5) is 5.69 Å². The molecule has 2 rings (SSSR count). The normalized spacial score (nSPS) is 10.1. The highest BCUT2D eigenvalue weighted by Gasteiger charge is 2.00. The number of hydrogen-bond acceptors (Lipinski definition) is 6. The Morgan fingerprint density at radius 3 is 2.67 bits per heavy atom. The van der Waals surface area contributed by atoms with Crippen molar-refractivity contribution in [2.75, 3.05) is 18.5 Å². The third-order valence-electron chi connectivity index (χ3n) is 2.18. The highest BCUT2D eigenvalue weighted by molar-refractivity contribution is 7.00. The second-order valence-corrected chi connectivity index (χ2v) is 3.97. The maximum absolute atomic E-state index is 5.33. The Kier molecular flexibility index (Phi) is 4.35. The van der Waals surface area contributed by atoms with Gasteiger partial charge in [-0.25, -0.2) is 0 Å². The van der Waals surface area contributed by atoms with E-state index in [2.05, 4.69) is 14.1 Å². The van der Waals surface area contributed by atoms with E-state index in [-0.39, 0.29) is 0 Å². The van der Waals surface area contributed by atoms with E-state index in [9.17, 15) is 0 Å². The van der Waals surface area contributed by atoms with E-state index >= 15 is 0 Å². The van der Waals surface area contributed by atoms with Crippen molar-refractivity contribution in [3.63, 3.8) is 0 Å². The van der Waals surface area contributed by atoms with E-state index < -0.39 is 0 Å². The Bertz CT molecular complexity index is 531. The lowest BCUT2D eigenvalue weighted by atomic mass is 10.3. The van der Waals surface area contributed by atoms with Crippen molar-refractivity contribution in [3.8, 4) is 0 Å². The molecule has 0 aliphatic rings. The van der Waals surface area contributed by atoms with E-state index in [0.717, 1.165) is 16.7 Å². The molecular formula is C12H15N3O2S. The minimum Gasteiger partial charge on any atom is -0.465 e. The van der Waals surface area contributed by atoms with Crippen LogP contribution >= 0.6 is 11.7 Å². The summed E-state index contributed by atoms with van der Waals surface area (Å²) in [6.07, 6.45) is 1.70. The largest absolute Gasteiger partial charge is 0.465 e. The molecule has 96 valence electrons. The lowest BCUT2D eigenvalue weighted by Gasteiger charge is -2.09. The van der Waals surface area contributed by atoms with Crippen LogP contribution in [0.5, 0.6) is 0 Å². The molecule has 0 saturated heterocycles. The summed E-state index contributed by atoms with van der Waals surface area (Å²) in [5.74, 6) is 0.483. The minimum atomic E-state index is 0.483. The van der Waals surface area contributed by atoms with Crippen molar-refractivity contribution in [2.45, 2.75) is 13.8 Å². The summed E-state index contributed by atoms with van der Waals surface area (Å²) in [5, 5.41) is 3.12. The molecule has 0 saturated carbocycles. The zero-order chi connectivity index (χ0) is 12.8. The van der Waals surface area contributed by atoms with Crippen LogP contribution in [0.1, 0.15) is 13.8 Å². The zero-order valence-corrected chi connectivity index (χ0v) is 11.2. The number of benzene rings is 1. The summed E-state index contributed by atoms with van der Waals surface area (Å²) in [5.41, 5.74) is 2.71. The van der Waals surface area contributed by atoms with Gasteiger partial charge in [-0.2, -0.15) is 8.75 Å². The molecule has 0 radical (unpaired) electrons. The quantitative estimate of drug-likeness (QED) is 0.814. The van der Waals surface area contributed by atoms with Crippen molar-refractivity contribution < 1.29 is 9.47 Å². The minimum absolute atomic E-state index is 0.483. The van der Waals surface area contributed by atoms with Gasteiger partial charge in [0.15, 0.2) is 0 Å². The van der Waals surface area contributed by atoms with Gasteiger partial charge in [-0.3, -0.25) is 0 Å². The molecule has 0 aliphatic carbocycles. The van der Waals surface area contributed by atoms with E-state index in [0.29, 0.717) is 19.2 Å². The molecular weight excluding hydrogens is 250 g/mol. The molecule has 1 N–H and O–H groups in total. The van der Waals surface area contributed by atoms with Gasteiger partial charge in [0.25, 0.3) is 5.95 Å². The number of nitrogens with one attached hydrogen (secondary N) is 1. The van der Waals surface area contributed by atoms with E-state index in [1.54, 1.807) is 6.20 Å². The predicted molar refractivity (Wildman–Crippen MR) is 72.4 cm³/mol. The number of anilines is 1. The fourth-order valence-electron chi connectivity index (χ4n) is 1.42. The standard InChI is InChI=1S/C12H15N3O2S/c1-3-16-12(17-4-2)8-13-9-5-6-10-11(7-9)15-18-14-10/h5-8,13H,3-4H2,1-2H3. The van der Waals surface area contributed by atoms with Gasteiger partial charge in [-0.05, 0) is 32.0 Å². The Labute approximate surface area is 110 Å². The molecule has 0 atom stereocenters. The first kappa shape index (κ1) is 12.6. The van der Waals surface area contributed by atoms with Gasteiger partial charge in [-0.1, -0.05) is 0 Å². The third-order valence-corrected chi connectivity index (χ3v) is 2.74. The van der Waals surface area contributed by atoms with Crippen LogP contribution in [0, 0.1) is 0 Å². The van der Waals surface area contributed by atoms with Crippen molar-refractivity contribution in [3.05, 3.63) is 30.3 Å². The van der Waals surface area contributed by atoms with Crippen LogP contribution in [0.2, 0.25) is 0 Å². The van der Waals surface area contributed by atoms with Crippen molar-refractivity contribution >= 4 is 28.4 Å². The highest BCUT2D eigenvalue weighted by Crippen LogP contribution is 2.17. The topological polar surface area (TPSA) is 56.3 Å². The van der Waals surface area contributed by atoms with Crippen molar-refractivity contribution in [1.29, 1.82) is 0 Å². The first-order valence-corrected chi connectivity index (χ1v) is 6.51. The number of fused-ring (bicyclic) bond motifs is 1. The molecule has 0 spiro atoms. The summed E-state index contributed by atoms with van der Waals surface area (Å²) >= 11 is 1.21. The van der Waals surface area contributed by atoms with Gasteiger partial charge in [0, 0.05) is 5.69 Å². The van der Waals surface area contributed by atoms with Crippen LogP contribution < -0.4 is 5.32 Å². The molecule has 0 fully saturated rings. The molecule has 2 aromatic rings. The van der Waals surface area contributed by atoms with Gasteiger partial charge in [0.2, 0.25) is 0 Å². The number of hydrogen-bond donors (Lipinski definition) is 1. The third kappa shape index (κ3) is 3.10. The predicted octanol–water partition coefficient (Wildman–Crippen LogP) is 2.98. The van der Waals surface area contributed by atoms with Crippen LogP contribution in [0.3, 0.4) is 0 Å². The summed E-state index contributed by atoms with van der Waals surface area (Å²) < 4.78 is 19.0. The van der Waals surface area contributed by atoms with Crippen LogP contribution in [-0.4, -0.2) is 22.0 Å². The molecule has 1 heterocycles. The molecule has 0 amide bonds. The maximum Gasteiger partial charge on any atom is 0.296 e. The van der Waals surface area contributed by atoms with Gasteiger partial charge in [0.05, 0.1) is 31.1 Å². The smallest absolute Gasteiger partial charge is 0.296 e. The lowest BCUT2D eigenvalue weighted by molar-refractivity contribution is 0.0464. The number of nitrogens with zero attached hydrogens (tertiary/aromatic N) is 2. The first-order valence-electron chi connectivity index (χ1n) is 5.78. The maximum atomic E-state index is 5.33. The molecule has 0 unspecified atom stereocenters. The number of aromatic nitrogens is 2. The van der Waals surface area contributed by atoms with E-state index in [4.69, 9.17) is 9.47 Å². The molecule has 6 heteroatoms. The van der Waals surface area contributed by atoms with E-state index in [1.807, 2.05) is 32.0 Å². The van der Waals surface area contributed by atoms with Crippen LogP contribution in [-0.2, 0) is 9.47 Å². The first-order chi connectivity index (χ1) is 8.83. The molecule has 0 bridgehead atoms. The summed E-state index contributed by atoms with van der Waals surface area (Å²) in [7, 11) is 0. The molecule has 18 heavy (non-hydrogen) atoms. The Morgan fingerprint density at radius 1 is 1.22 bits per heavy atom. The molecule has 0 aliphatic heterocycles. The van der Waals surface area contributed by atoms with Crippen LogP contribution in [0.15, 0.2) is 30.3 Å². The molecule has 5 nitrogen and oxygen atoms in total. The molecule has 1 aromatic carbocycles. The Balaban J connectivity index is 2.09. The van der Waals surface area contributed by atoms with Crippen LogP contribution in [0.25, 0.3) is 11.0 Å². The second-order valence-electron chi connectivity index (χ2n) is 3.44. The number of ether oxygens (including phenoxy) is 2. The fourth-order valence-corrected chi connectivity index (χ4v) is 1.94. The fraction of sp³-hybridized carbons (Fsp3) is 0.333. The summed E-state index contributed by atoms with van der Waals surface area (Å²) in [6, 6.07) is 5.80. The van der Waals surface area contributed by atoms with Crippen molar-refractivity contribution in [1.82, 2.24) is 8.75 Å². The zero-order valence-electron chi connectivity index (χ0n) is 10.3. The number of rotatable bonds is 6. The SMILES string of the molecule is CCOC(=CNc1ccc2nsnc2c1)OCC. The second kappa shape index (κ2) is 6.20. The van der Waals surface area contributed by atoms with Gasteiger partial charge in [0.1, 0.15) is 11.0 Å². The lowest BCUT2D eigenvalue weighted by Crippen LogP contribution is -2.01. The van der Waals surface area contributed by atoms with Gasteiger partial charge in [-0.15, -0.1) is 0 Å².